The van der Waals surface area contributed by atoms with Crippen LogP contribution in [0.15, 0.2) is 49.1 Å². The molecular formula is C20H21N7O. The van der Waals surface area contributed by atoms with Gasteiger partial charge in [0.1, 0.15) is 0 Å². The van der Waals surface area contributed by atoms with Gasteiger partial charge in [-0.2, -0.15) is 5.10 Å². The van der Waals surface area contributed by atoms with E-state index in [1.165, 1.54) is 0 Å². The van der Waals surface area contributed by atoms with Crippen molar-refractivity contribution in [2.45, 2.75) is 13.5 Å². The molecule has 0 spiro atoms. The summed E-state index contributed by atoms with van der Waals surface area (Å²) in [6.07, 6.45) is 5.54. The lowest BCUT2D eigenvalue weighted by atomic mass is 10.2. The molecule has 0 amide bonds. The van der Waals surface area contributed by atoms with Gasteiger partial charge in [-0.05, 0) is 25.1 Å². The minimum absolute atomic E-state index is 0.693. The lowest BCUT2D eigenvalue weighted by Gasteiger charge is -2.28. The molecule has 0 aliphatic carbocycles. The molecule has 28 heavy (non-hydrogen) atoms. The smallest absolute Gasteiger partial charge is 0.166 e. The number of hydrogen-bond acceptors (Lipinski definition) is 6. The highest BCUT2D eigenvalue weighted by atomic mass is 16.5. The molecule has 4 heterocycles. The van der Waals surface area contributed by atoms with Crippen molar-refractivity contribution >= 4 is 17.0 Å². The zero-order valence-electron chi connectivity index (χ0n) is 15.7. The summed E-state index contributed by atoms with van der Waals surface area (Å²) in [6.45, 7) is 5.91. The first-order valence-corrected chi connectivity index (χ1v) is 9.49. The van der Waals surface area contributed by atoms with Crippen LogP contribution in [0.25, 0.3) is 28.2 Å². The number of imidazole rings is 1. The average Bonchev–Trinajstić information content (AvgIpc) is 3.44. The van der Waals surface area contributed by atoms with E-state index < -0.39 is 0 Å². The Kier molecular flexibility index (Phi) is 4.25. The fraction of sp³-hybridized carbons (Fsp3) is 0.300. The van der Waals surface area contributed by atoms with Crippen LogP contribution in [-0.4, -0.2) is 55.6 Å². The van der Waals surface area contributed by atoms with Crippen LogP contribution in [-0.2, 0) is 11.3 Å². The van der Waals surface area contributed by atoms with Gasteiger partial charge in [-0.1, -0.05) is 12.1 Å². The van der Waals surface area contributed by atoms with Crippen molar-refractivity contribution in [1.82, 2.24) is 29.3 Å². The van der Waals surface area contributed by atoms with Crippen LogP contribution in [0.3, 0.4) is 0 Å². The van der Waals surface area contributed by atoms with E-state index in [1.54, 1.807) is 6.20 Å². The summed E-state index contributed by atoms with van der Waals surface area (Å²) >= 11 is 0. The van der Waals surface area contributed by atoms with Crippen molar-refractivity contribution in [3.8, 4) is 17.1 Å². The second-order valence-electron chi connectivity index (χ2n) is 6.67. The zero-order chi connectivity index (χ0) is 18.9. The van der Waals surface area contributed by atoms with Crippen LogP contribution in [0.4, 0.5) is 5.82 Å². The second kappa shape index (κ2) is 7.05. The number of ether oxygens (including phenoxy) is 1. The molecule has 3 aromatic heterocycles. The standard InChI is InChI=1S/C20H21N7O/c1-2-25-14-21-17-19(25)23-18(24-20(17)26-9-11-28-12-10-26)15-5-3-6-16(13-15)27-8-4-7-22-27/h3-8,13-14H,2,9-12H2,1H3. The van der Waals surface area contributed by atoms with Crippen LogP contribution < -0.4 is 4.90 Å². The number of anilines is 1. The summed E-state index contributed by atoms with van der Waals surface area (Å²) in [6, 6.07) is 10.0. The van der Waals surface area contributed by atoms with Crippen molar-refractivity contribution in [2.75, 3.05) is 31.2 Å². The van der Waals surface area contributed by atoms with Crippen LogP contribution in [0.2, 0.25) is 0 Å². The molecule has 8 heteroatoms. The Morgan fingerprint density at radius 1 is 1.11 bits per heavy atom. The topological polar surface area (TPSA) is 73.9 Å². The third-order valence-corrected chi connectivity index (χ3v) is 4.97. The van der Waals surface area contributed by atoms with Crippen LogP contribution in [0, 0.1) is 0 Å². The monoisotopic (exact) mass is 375 g/mol. The largest absolute Gasteiger partial charge is 0.378 e. The molecule has 1 saturated heterocycles. The van der Waals surface area contributed by atoms with Crippen LogP contribution >= 0.6 is 0 Å². The van der Waals surface area contributed by atoms with Crippen molar-refractivity contribution in [3.05, 3.63) is 49.1 Å². The number of rotatable bonds is 4. The summed E-state index contributed by atoms with van der Waals surface area (Å²) in [5, 5.41) is 4.32. The van der Waals surface area contributed by atoms with Crippen molar-refractivity contribution < 1.29 is 4.74 Å². The quantitative estimate of drug-likeness (QED) is 0.546. The number of aryl methyl sites for hydroxylation is 1. The fourth-order valence-electron chi connectivity index (χ4n) is 3.49. The highest BCUT2D eigenvalue weighted by Gasteiger charge is 2.21. The van der Waals surface area contributed by atoms with Crippen molar-refractivity contribution in [2.24, 2.45) is 0 Å². The molecule has 0 bridgehead atoms. The predicted molar refractivity (Wildman–Crippen MR) is 107 cm³/mol. The molecule has 1 aliphatic rings. The fourth-order valence-corrected chi connectivity index (χ4v) is 3.49. The van der Waals surface area contributed by atoms with E-state index in [2.05, 4.69) is 32.5 Å². The van der Waals surface area contributed by atoms with Gasteiger partial charge in [0, 0.05) is 37.6 Å². The molecule has 0 saturated carbocycles. The summed E-state index contributed by atoms with van der Waals surface area (Å²) < 4.78 is 9.40. The number of aromatic nitrogens is 6. The van der Waals surface area contributed by atoms with E-state index in [4.69, 9.17) is 14.7 Å². The molecule has 0 radical (unpaired) electrons. The van der Waals surface area contributed by atoms with Crippen molar-refractivity contribution in [3.63, 3.8) is 0 Å². The second-order valence-corrected chi connectivity index (χ2v) is 6.67. The Labute approximate surface area is 162 Å². The minimum atomic E-state index is 0.693. The Bertz CT molecular complexity index is 1100. The maximum Gasteiger partial charge on any atom is 0.166 e. The Hall–Kier alpha value is -3.26. The molecule has 4 aromatic rings. The van der Waals surface area contributed by atoms with Crippen LogP contribution in [0.1, 0.15) is 6.92 Å². The first-order valence-electron chi connectivity index (χ1n) is 9.49. The number of morpholine rings is 1. The van der Waals surface area contributed by atoms with Gasteiger partial charge in [-0.25, -0.2) is 19.6 Å². The zero-order valence-corrected chi connectivity index (χ0v) is 15.7. The Balaban J connectivity index is 1.66. The number of nitrogens with zero attached hydrogens (tertiary/aromatic N) is 7. The van der Waals surface area contributed by atoms with E-state index in [-0.39, 0.29) is 0 Å². The lowest BCUT2D eigenvalue weighted by Crippen LogP contribution is -2.37. The third kappa shape index (κ3) is 2.91. The molecule has 1 aromatic carbocycles. The maximum absolute atomic E-state index is 5.51. The molecule has 0 N–H and O–H groups in total. The van der Waals surface area contributed by atoms with E-state index in [0.717, 1.165) is 47.9 Å². The highest BCUT2D eigenvalue weighted by Crippen LogP contribution is 2.28. The maximum atomic E-state index is 5.51. The molecule has 1 aliphatic heterocycles. The molecular weight excluding hydrogens is 354 g/mol. The van der Waals surface area contributed by atoms with Crippen LogP contribution in [0.5, 0.6) is 0 Å². The van der Waals surface area contributed by atoms with Gasteiger partial charge in [0.25, 0.3) is 0 Å². The summed E-state index contributed by atoms with van der Waals surface area (Å²) in [7, 11) is 0. The summed E-state index contributed by atoms with van der Waals surface area (Å²) in [5.74, 6) is 1.57. The minimum Gasteiger partial charge on any atom is -0.378 e. The van der Waals surface area contributed by atoms with Gasteiger partial charge >= 0.3 is 0 Å². The molecule has 8 nitrogen and oxygen atoms in total. The van der Waals surface area contributed by atoms with Gasteiger partial charge in [0.05, 0.1) is 25.2 Å². The molecule has 0 unspecified atom stereocenters. The molecule has 0 atom stereocenters. The summed E-state index contributed by atoms with van der Waals surface area (Å²) in [4.78, 5) is 16.6. The van der Waals surface area contributed by atoms with Gasteiger partial charge in [-0.3, -0.25) is 0 Å². The molecule has 5 rings (SSSR count). The number of hydrogen-bond donors (Lipinski definition) is 0. The Morgan fingerprint density at radius 2 is 2.00 bits per heavy atom. The van der Waals surface area contributed by atoms with E-state index in [9.17, 15) is 0 Å². The number of fused-ring (bicyclic) bond motifs is 1. The highest BCUT2D eigenvalue weighted by molar-refractivity contribution is 5.86. The number of benzene rings is 1. The van der Waals surface area contributed by atoms with Gasteiger partial charge < -0.3 is 14.2 Å². The SMILES string of the molecule is CCn1cnc2c(N3CCOCC3)nc(-c3cccc(-n4cccn4)c3)nc21. The van der Waals surface area contributed by atoms with Gasteiger partial charge in [-0.15, -0.1) is 0 Å². The van der Waals surface area contributed by atoms with E-state index in [0.29, 0.717) is 19.0 Å². The normalized spacial score (nSPS) is 14.7. The molecule has 1 fully saturated rings. The third-order valence-electron chi connectivity index (χ3n) is 4.97. The average molecular weight is 375 g/mol. The first kappa shape index (κ1) is 16.9. The molecule has 142 valence electrons. The van der Waals surface area contributed by atoms with E-state index >= 15 is 0 Å². The van der Waals surface area contributed by atoms with E-state index in [1.807, 2.05) is 41.5 Å². The van der Waals surface area contributed by atoms with Gasteiger partial charge in [0.2, 0.25) is 0 Å². The lowest BCUT2D eigenvalue weighted by molar-refractivity contribution is 0.122. The summed E-state index contributed by atoms with van der Waals surface area (Å²) in [5.41, 5.74) is 3.63. The predicted octanol–water partition coefficient (Wildman–Crippen LogP) is 2.54. The van der Waals surface area contributed by atoms with Crippen molar-refractivity contribution in [1.29, 1.82) is 0 Å². The van der Waals surface area contributed by atoms with Gasteiger partial charge in [0.15, 0.2) is 22.8 Å². The Morgan fingerprint density at radius 3 is 2.79 bits per heavy atom. The first-order chi connectivity index (χ1) is 13.8.